The molecule has 0 fully saturated rings. The molecule has 0 radical (unpaired) electrons. The van der Waals surface area contributed by atoms with Crippen LogP contribution in [0.3, 0.4) is 0 Å². The van der Waals surface area contributed by atoms with Gasteiger partial charge in [0.05, 0.1) is 16.6 Å². The van der Waals surface area contributed by atoms with Gasteiger partial charge in [0.1, 0.15) is 6.54 Å². The lowest BCUT2D eigenvalue weighted by Crippen LogP contribution is -3.15. The molecule has 1 aliphatic heterocycles. The van der Waals surface area contributed by atoms with Crippen molar-refractivity contribution in [2.75, 3.05) is 6.73 Å². The number of fused-ring (bicyclic) bond motifs is 5. The number of halogens is 1. The van der Waals surface area contributed by atoms with Gasteiger partial charge in [-0.2, -0.15) is 0 Å². The molecule has 2 heterocycles. The maximum Gasteiger partial charge on any atom is 0.339 e. The summed E-state index contributed by atoms with van der Waals surface area (Å²) >= 11 is 6.44. The van der Waals surface area contributed by atoms with Crippen molar-refractivity contribution >= 4 is 22.6 Å². The molecule has 0 saturated carbocycles. The van der Waals surface area contributed by atoms with Gasteiger partial charge in [0.25, 0.3) is 0 Å². The van der Waals surface area contributed by atoms with Crippen LogP contribution in [0.25, 0.3) is 11.0 Å². The van der Waals surface area contributed by atoms with Gasteiger partial charge in [-0.3, -0.25) is 4.90 Å². The first-order valence-electron chi connectivity index (χ1n) is 7.83. The fourth-order valence-electron chi connectivity index (χ4n) is 3.56. The Morgan fingerprint density at radius 1 is 1.23 bits per heavy atom. The fraction of sp³-hybridized carbons (Fsp3) is 0.471. The second-order valence-corrected chi connectivity index (χ2v) is 6.93. The first-order valence-corrected chi connectivity index (χ1v) is 8.21. The average molecular weight is 321 g/mol. The zero-order valence-corrected chi connectivity index (χ0v) is 13.5. The number of benzene rings is 1. The molecule has 1 aromatic heterocycles. The number of nitrogens with one attached hydrogen (secondary N) is 1. The molecular weight excluding hydrogens is 302 g/mol. The molecule has 5 heteroatoms. The van der Waals surface area contributed by atoms with Crippen LogP contribution >= 0.6 is 11.6 Å². The van der Waals surface area contributed by atoms with Crippen molar-refractivity contribution in [2.24, 2.45) is 0 Å². The van der Waals surface area contributed by atoms with E-state index in [1.807, 2.05) is 6.07 Å². The predicted molar refractivity (Wildman–Crippen MR) is 84.8 cm³/mol. The van der Waals surface area contributed by atoms with Gasteiger partial charge >= 0.3 is 5.63 Å². The van der Waals surface area contributed by atoms with Crippen LogP contribution in [0.4, 0.5) is 0 Å². The summed E-state index contributed by atoms with van der Waals surface area (Å²) in [4.78, 5) is 13.6. The minimum absolute atomic E-state index is 0.193. The van der Waals surface area contributed by atoms with Crippen LogP contribution in [0.2, 0.25) is 5.02 Å². The largest absolute Gasteiger partial charge is 0.443 e. The average Bonchev–Trinajstić information content (AvgIpc) is 2.99. The normalized spacial score (nSPS) is 20.1. The Morgan fingerprint density at radius 3 is 2.77 bits per heavy atom. The summed E-state index contributed by atoms with van der Waals surface area (Å²) in [6.07, 6.45) is 2.74. The molecule has 1 N–H and O–H groups in total. The number of ether oxygens (including phenoxy) is 1. The second kappa shape index (κ2) is 5.00. The molecule has 4 nitrogen and oxygen atoms in total. The van der Waals surface area contributed by atoms with E-state index in [2.05, 4.69) is 13.8 Å². The number of hydrogen-bond donors (Lipinski definition) is 1. The van der Waals surface area contributed by atoms with E-state index in [0.717, 1.165) is 47.9 Å². The zero-order chi connectivity index (χ0) is 15.4. The lowest BCUT2D eigenvalue weighted by Gasteiger charge is -2.29. The van der Waals surface area contributed by atoms with E-state index in [1.54, 1.807) is 0 Å². The molecule has 1 atom stereocenters. The smallest absolute Gasteiger partial charge is 0.339 e. The van der Waals surface area contributed by atoms with E-state index in [0.29, 0.717) is 29.1 Å². The van der Waals surface area contributed by atoms with Crippen molar-refractivity contribution in [3.63, 3.8) is 0 Å². The third-order valence-corrected chi connectivity index (χ3v) is 5.17. The van der Waals surface area contributed by atoms with Crippen molar-refractivity contribution in [2.45, 2.75) is 45.7 Å². The van der Waals surface area contributed by atoms with Gasteiger partial charge in [0.2, 0.25) is 6.73 Å². The number of aryl methyl sites for hydroxylation is 1. The Kier molecular flexibility index (Phi) is 3.20. The molecule has 116 valence electrons. The van der Waals surface area contributed by atoms with Crippen molar-refractivity contribution in [1.29, 1.82) is 0 Å². The Bertz CT molecular complexity index is 825. The van der Waals surface area contributed by atoms with Gasteiger partial charge in [-0.25, -0.2) is 4.79 Å². The lowest BCUT2D eigenvalue weighted by molar-refractivity contribution is -0.952. The van der Waals surface area contributed by atoms with Crippen LogP contribution in [-0.2, 0) is 19.4 Å². The van der Waals surface area contributed by atoms with Crippen LogP contribution in [0.15, 0.2) is 15.3 Å². The minimum atomic E-state index is -0.193. The number of hydrogen-bond acceptors (Lipinski definition) is 3. The zero-order valence-electron chi connectivity index (χ0n) is 12.8. The predicted octanol–water partition coefficient (Wildman–Crippen LogP) is 2.08. The molecule has 1 aromatic carbocycles. The lowest BCUT2D eigenvalue weighted by atomic mass is 10.0. The molecule has 2 aliphatic rings. The third-order valence-electron chi connectivity index (χ3n) is 4.89. The molecular formula is C17H19ClNO3+. The van der Waals surface area contributed by atoms with Crippen LogP contribution in [0, 0.1) is 0 Å². The molecule has 2 aromatic rings. The van der Waals surface area contributed by atoms with E-state index in [9.17, 15) is 4.79 Å². The van der Waals surface area contributed by atoms with Crippen LogP contribution in [0.1, 0.15) is 37.0 Å². The van der Waals surface area contributed by atoms with Gasteiger partial charge in [0.15, 0.2) is 11.3 Å². The van der Waals surface area contributed by atoms with Gasteiger partial charge in [-0.15, -0.1) is 0 Å². The third kappa shape index (κ3) is 1.97. The second-order valence-electron chi connectivity index (χ2n) is 6.52. The first kappa shape index (κ1) is 14.1. The van der Waals surface area contributed by atoms with Crippen molar-refractivity contribution in [1.82, 2.24) is 0 Å². The van der Waals surface area contributed by atoms with E-state index < -0.39 is 0 Å². The van der Waals surface area contributed by atoms with Crippen LogP contribution < -0.4 is 15.3 Å². The summed E-state index contributed by atoms with van der Waals surface area (Å²) in [5.41, 5.74) is 3.36. The van der Waals surface area contributed by atoms with Crippen molar-refractivity contribution in [3.8, 4) is 5.75 Å². The van der Waals surface area contributed by atoms with E-state index in [4.69, 9.17) is 20.8 Å². The summed E-state index contributed by atoms with van der Waals surface area (Å²) in [5, 5.41) is 1.61. The van der Waals surface area contributed by atoms with Gasteiger partial charge in [-0.05, 0) is 44.7 Å². The highest BCUT2D eigenvalue weighted by Gasteiger charge is 2.30. The Labute approximate surface area is 133 Å². The summed E-state index contributed by atoms with van der Waals surface area (Å²) < 4.78 is 11.5. The molecule has 0 spiro atoms. The van der Waals surface area contributed by atoms with Gasteiger partial charge in [-0.1, -0.05) is 11.6 Å². The van der Waals surface area contributed by atoms with Crippen molar-refractivity contribution in [3.05, 3.63) is 38.2 Å². The Morgan fingerprint density at radius 2 is 2.00 bits per heavy atom. The highest BCUT2D eigenvalue weighted by molar-refractivity contribution is 6.33. The molecule has 0 bridgehead atoms. The molecule has 0 amide bonds. The van der Waals surface area contributed by atoms with Gasteiger partial charge in [0, 0.05) is 10.9 Å². The standard InChI is InChI=1S/C17H18ClNO3/c1-9(2)19-7-13-15-12(6-14(18)16(13)21-8-19)10-4-3-5-11(10)17(20)22-15/h6,9H,3-5,7-8H2,1-2H3/p+1. The van der Waals surface area contributed by atoms with Crippen LogP contribution in [0.5, 0.6) is 5.75 Å². The summed E-state index contributed by atoms with van der Waals surface area (Å²) in [6, 6.07) is 2.34. The fourth-order valence-corrected chi connectivity index (χ4v) is 3.84. The maximum atomic E-state index is 12.3. The van der Waals surface area contributed by atoms with Gasteiger partial charge < -0.3 is 9.15 Å². The van der Waals surface area contributed by atoms with Crippen molar-refractivity contribution < 1.29 is 14.1 Å². The molecule has 0 saturated heterocycles. The minimum Gasteiger partial charge on any atom is -0.443 e. The molecule has 1 unspecified atom stereocenters. The molecule has 1 aliphatic carbocycles. The summed E-state index contributed by atoms with van der Waals surface area (Å²) in [6.45, 7) is 5.67. The molecule has 4 rings (SSSR count). The Balaban J connectivity index is 2.01. The SMILES string of the molecule is CC(C)[NH+]1COc2c(Cl)cc3c4c(c(=O)oc3c2C1)CCC4. The van der Waals surface area contributed by atoms with Crippen LogP contribution in [-0.4, -0.2) is 12.8 Å². The number of quaternary nitrogens is 1. The van der Waals surface area contributed by atoms with E-state index in [1.165, 1.54) is 4.90 Å². The van der Waals surface area contributed by atoms with E-state index >= 15 is 0 Å². The summed E-state index contributed by atoms with van der Waals surface area (Å²) in [7, 11) is 0. The summed E-state index contributed by atoms with van der Waals surface area (Å²) in [5.74, 6) is 0.680. The highest BCUT2D eigenvalue weighted by atomic mass is 35.5. The Hall–Kier alpha value is -1.52. The topological polar surface area (TPSA) is 43.9 Å². The maximum absolute atomic E-state index is 12.3. The highest BCUT2D eigenvalue weighted by Crippen LogP contribution is 2.39. The number of rotatable bonds is 1. The first-order chi connectivity index (χ1) is 10.6. The quantitative estimate of drug-likeness (QED) is 0.818. The molecule has 22 heavy (non-hydrogen) atoms. The van der Waals surface area contributed by atoms with E-state index in [-0.39, 0.29) is 5.63 Å². The monoisotopic (exact) mass is 320 g/mol.